The number of benzene rings is 1. The molecule has 4 aromatic rings. The van der Waals surface area contributed by atoms with E-state index in [1.807, 2.05) is 39.0 Å². The summed E-state index contributed by atoms with van der Waals surface area (Å²) in [7, 11) is 0. The molecule has 0 atom stereocenters. The van der Waals surface area contributed by atoms with Crippen molar-refractivity contribution in [3.8, 4) is 11.4 Å². The maximum Gasteiger partial charge on any atom is 0.433 e. The van der Waals surface area contributed by atoms with E-state index in [0.717, 1.165) is 33.6 Å². The zero-order chi connectivity index (χ0) is 27.9. The van der Waals surface area contributed by atoms with Crippen molar-refractivity contribution in [3.63, 3.8) is 0 Å². The molecule has 0 aliphatic carbocycles. The van der Waals surface area contributed by atoms with Gasteiger partial charge in [0, 0.05) is 40.1 Å². The molecule has 204 valence electrons. The highest BCUT2D eigenvalue weighted by Gasteiger charge is 2.32. The Bertz CT molecular complexity index is 1590. The average Bonchev–Trinajstić information content (AvgIpc) is 3.23. The lowest BCUT2D eigenvalue weighted by Gasteiger charge is -2.30. The van der Waals surface area contributed by atoms with Crippen molar-refractivity contribution in [2.45, 2.75) is 52.1 Å². The number of hydrogen-bond acceptors (Lipinski definition) is 6. The van der Waals surface area contributed by atoms with E-state index in [0.29, 0.717) is 30.1 Å². The lowest BCUT2D eigenvalue weighted by Crippen LogP contribution is -2.39. The van der Waals surface area contributed by atoms with Crippen LogP contribution >= 0.6 is 11.3 Å². The Balaban J connectivity index is 1.30. The van der Waals surface area contributed by atoms with E-state index in [9.17, 15) is 22.8 Å². The number of halogens is 3. The molecule has 0 saturated heterocycles. The molecule has 0 N–H and O–H groups in total. The molecule has 0 saturated carbocycles. The molecule has 5 rings (SSSR count). The summed E-state index contributed by atoms with van der Waals surface area (Å²) in [5, 5.41) is 1.11. The molecular weight excluding hydrogens is 531 g/mol. The third-order valence-electron chi connectivity index (χ3n) is 6.17. The molecule has 4 heterocycles. The smallest absolute Gasteiger partial charge is 0.433 e. The van der Waals surface area contributed by atoms with Crippen LogP contribution in [0.5, 0.6) is 5.75 Å². The number of amides is 1. The van der Waals surface area contributed by atoms with Gasteiger partial charge in [-0.1, -0.05) is 12.1 Å². The number of carbonyl (C=O) groups excluding carboxylic acids is 1. The van der Waals surface area contributed by atoms with Crippen LogP contribution in [0.4, 0.5) is 18.0 Å². The molecule has 0 spiro atoms. The quantitative estimate of drug-likeness (QED) is 0.293. The van der Waals surface area contributed by atoms with E-state index < -0.39 is 17.5 Å². The predicted molar refractivity (Wildman–Crippen MR) is 141 cm³/mol. The van der Waals surface area contributed by atoms with Gasteiger partial charge >= 0.3 is 12.3 Å². The van der Waals surface area contributed by atoms with Gasteiger partial charge in [-0.15, -0.1) is 11.3 Å². The van der Waals surface area contributed by atoms with Crippen molar-refractivity contribution in [2.75, 3.05) is 6.54 Å². The molecule has 39 heavy (non-hydrogen) atoms. The Hall–Kier alpha value is -3.86. The van der Waals surface area contributed by atoms with Crippen molar-refractivity contribution >= 4 is 27.5 Å². The number of ether oxygens (including phenoxy) is 2. The molecule has 0 unspecified atom stereocenters. The van der Waals surface area contributed by atoms with E-state index in [1.54, 1.807) is 28.5 Å². The van der Waals surface area contributed by atoms with Crippen LogP contribution in [0.25, 0.3) is 15.8 Å². The molecular formula is C28H26F3N3O4S. The maximum absolute atomic E-state index is 12.9. The summed E-state index contributed by atoms with van der Waals surface area (Å²) in [6.07, 6.45) is -1.40. The van der Waals surface area contributed by atoms with E-state index in [-0.39, 0.29) is 18.3 Å². The van der Waals surface area contributed by atoms with Crippen LogP contribution in [0.1, 0.15) is 42.5 Å². The van der Waals surface area contributed by atoms with Gasteiger partial charge < -0.3 is 14.4 Å². The zero-order valence-corrected chi connectivity index (χ0v) is 22.4. The molecule has 0 fully saturated rings. The Morgan fingerprint density at radius 3 is 2.56 bits per heavy atom. The number of nitrogens with zero attached hydrogens (tertiary/aromatic N) is 3. The second-order valence-electron chi connectivity index (χ2n) is 10.2. The Morgan fingerprint density at radius 1 is 1.10 bits per heavy atom. The van der Waals surface area contributed by atoms with E-state index in [4.69, 9.17) is 9.47 Å². The van der Waals surface area contributed by atoms with Gasteiger partial charge in [-0.3, -0.25) is 14.3 Å². The zero-order valence-electron chi connectivity index (χ0n) is 21.5. The molecule has 1 aromatic carbocycles. The first-order valence-electron chi connectivity index (χ1n) is 12.3. The molecule has 0 radical (unpaired) electrons. The third kappa shape index (κ3) is 5.93. The summed E-state index contributed by atoms with van der Waals surface area (Å²) in [6, 6.07) is 11.0. The number of fused-ring (bicyclic) bond motifs is 3. The molecule has 1 aliphatic rings. The van der Waals surface area contributed by atoms with Gasteiger partial charge in [0.1, 0.15) is 23.7 Å². The Labute approximate surface area is 226 Å². The van der Waals surface area contributed by atoms with Gasteiger partial charge in [0.15, 0.2) is 0 Å². The number of pyridine rings is 2. The molecule has 0 bridgehead atoms. The lowest BCUT2D eigenvalue weighted by atomic mass is 10.0. The van der Waals surface area contributed by atoms with E-state index in [2.05, 4.69) is 4.98 Å². The van der Waals surface area contributed by atoms with Crippen molar-refractivity contribution in [2.24, 2.45) is 0 Å². The van der Waals surface area contributed by atoms with E-state index in [1.165, 1.54) is 22.3 Å². The van der Waals surface area contributed by atoms with Crippen molar-refractivity contribution in [3.05, 3.63) is 86.9 Å². The van der Waals surface area contributed by atoms with Gasteiger partial charge in [0.2, 0.25) is 0 Å². The summed E-state index contributed by atoms with van der Waals surface area (Å²) in [5.74, 6) is 0.297. The fourth-order valence-corrected chi connectivity index (χ4v) is 5.63. The first kappa shape index (κ1) is 26.7. The Kier molecular flexibility index (Phi) is 6.88. The number of aromatic nitrogens is 2. The number of hydrogen-bond donors (Lipinski definition) is 0. The SMILES string of the molecule is CC(C)(C)OC(=O)N1CCc2c(sc3cc(-n4ccc(OCc5ccc(C(F)(F)F)nc5)cc4=O)ccc23)C1. The summed E-state index contributed by atoms with van der Waals surface area (Å²) in [4.78, 5) is 31.6. The highest BCUT2D eigenvalue weighted by atomic mass is 32.1. The summed E-state index contributed by atoms with van der Waals surface area (Å²) in [5.41, 5.74) is 0.514. The summed E-state index contributed by atoms with van der Waals surface area (Å²) in [6.45, 7) is 6.58. The van der Waals surface area contributed by atoms with Crippen LogP contribution in [0.15, 0.2) is 59.7 Å². The third-order valence-corrected chi connectivity index (χ3v) is 7.35. The fraction of sp³-hybridized carbons (Fsp3) is 0.321. The Morgan fingerprint density at radius 2 is 1.90 bits per heavy atom. The maximum atomic E-state index is 12.9. The minimum Gasteiger partial charge on any atom is -0.489 e. The number of alkyl halides is 3. The lowest BCUT2D eigenvalue weighted by molar-refractivity contribution is -0.141. The first-order valence-corrected chi connectivity index (χ1v) is 13.1. The predicted octanol–water partition coefficient (Wildman–Crippen LogP) is 6.34. The minimum absolute atomic E-state index is 0.0262. The molecule has 11 heteroatoms. The van der Waals surface area contributed by atoms with Gasteiger partial charge in [-0.05, 0) is 62.4 Å². The van der Waals surface area contributed by atoms with Crippen LogP contribution < -0.4 is 10.3 Å². The van der Waals surface area contributed by atoms with Crippen LogP contribution in [0.2, 0.25) is 0 Å². The second-order valence-corrected chi connectivity index (χ2v) is 11.4. The van der Waals surface area contributed by atoms with Crippen LogP contribution in [0, 0.1) is 0 Å². The second kappa shape index (κ2) is 10.0. The summed E-state index contributed by atoms with van der Waals surface area (Å²) < 4.78 is 51.7. The standard InChI is InChI=1S/C28H26F3N3O4S/c1-27(2,3)38-26(36)33-10-9-21-20-6-5-18(12-22(20)39-23(21)15-33)34-11-8-19(13-25(34)35)37-16-17-4-7-24(32-14-17)28(29,30)31/h4-8,11-14H,9-10,15-16H2,1-3H3. The van der Waals surface area contributed by atoms with Gasteiger partial charge in [0.05, 0.1) is 12.2 Å². The number of carbonyl (C=O) groups is 1. The topological polar surface area (TPSA) is 73.7 Å². The first-order chi connectivity index (χ1) is 18.4. The van der Waals surface area contributed by atoms with Crippen LogP contribution in [0.3, 0.4) is 0 Å². The summed E-state index contributed by atoms with van der Waals surface area (Å²) >= 11 is 1.60. The van der Waals surface area contributed by atoms with Gasteiger partial charge in [-0.25, -0.2) is 4.79 Å². The molecule has 1 amide bonds. The van der Waals surface area contributed by atoms with Gasteiger partial charge in [0.25, 0.3) is 5.56 Å². The molecule has 1 aliphatic heterocycles. The van der Waals surface area contributed by atoms with E-state index >= 15 is 0 Å². The van der Waals surface area contributed by atoms with Crippen molar-refractivity contribution < 1.29 is 27.4 Å². The number of rotatable bonds is 4. The van der Waals surface area contributed by atoms with Crippen LogP contribution in [-0.2, 0) is 30.5 Å². The molecule has 7 nitrogen and oxygen atoms in total. The average molecular weight is 558 g/mol. The fourth-order valence-electron chi connectivity index (χ4n) is 4.33. The van der Waals surface area contributed by atoms with Gasteiger partial charge in [-0.2, -0.15) is 13.2 Å². The highest BCUT2D eigenvalue weighted by molar-refractivity contribution is 7.19. The normalized spacial score (nSPS) is 13.8. The van der Waals surface area contributed by atoms with Crippen LogP contribution in [-0.4, -0.2) is 32.7 Å². The van der Waals surface area contributed by atoms with Crippen molar-refractivity contribution in [1.82, 2.24) is 14.5 Å². The number of thiophene rings is 1. The monoisotopic (exact) mass is 557 g/mol. The highest BCUT2D eigenvalue weighted by Crippen LogP contribution is 2.36. The molecule has 3 aromatic heterocycles. The largest absolute Gasteiger partial charge is 0.489 e. The minimum atomic E-state index is -4.50. The van der Waals surface area contributed by atoms with Crippen molar-refractivity contribution in [1.29, 1.82) is 0 Å².